The van der Waals surface area contributed by atoms with Crippen LogP contribution >= 0.6 is 0 Å². The van der Waals surface area contributed by atoms with Gasteiger partial charge in [0.2, 0.25) is 5.91 Å². The highest BCUT2D eigenvalue weighted by Gasteiger charge is 2.21. The van der Waals surface area contributed by atoms with E-state index in [0.717, 1.165) is 18.8 Å². The number of nitrogens with zero attached hydrogens (tertiary/aromatic N) is 2. The van der Waals surface area contributed by atoms with Gasteiger partial charge >= 0.3 is 0 Å². The predicted molar refractivity (Wildman–Crippen MR) is 105 cm³/mol. The second-order valence-electron chi connectivity index (χ2n) is 6.63. The molecule has 2 amide bonds. The molecule has 1 aliphatic rings. The van der Waals surface area contributed by atoms with Gasteiger partial charge in [-0.05, 0) is 36.4 Å². The fraction of sp³-hybridized carbons (Fsp3) is 0.333. The van der Waals surface area contributed by atoms with Gasteiger partial charge in [0, 0.05) is 44.8 Å². The summed E-state index contributed by atoms with van der Waals surface area (Å²) >= 11 is 0. The van der Waals surface area contributed by atoms with Crippen molar-refractivity contribution in [3.05, 3.63) is 60.4 Å². The summed E-state index contributed by atoms with van der Waals surface area (Å²) < 4.78 is 18.3. The van der Waals surface area contributed by atoms with Crippen LogP contribution in [-0.2, 0) is 9.59 Å². The quantitative estimate of drug-likeness (QED) is 0.795. The molecule has 0 atom stereocenters. The number of anilines is 1. The molecule has 0 unspecified atom stereocenters. The Morgan fingerprint density at radius 3 is 2.32 bits per heavy atom. The predicted octanol–water partition coefficient (Wildman–Crippen LogP) is 2.38. The zero-order chi connectivity index (χ0) is 19.8. The number of rotatable bonds is 7. The lowest BCUT2D eigenvalue weighted by atomic mass is 10.2. The fourth-order valence-electron chi connectivity index (χ4n) is 2.99. The first-order valence-electron chi connectivity index (χ1n) is 9.33. The van der Waals surface area contributed by atoms with Gasteiger partial charge in [0.05, 0.1) is 0 Å². The zero-order valence-corrected chi connectivity index (χ0v) is 15.6. The Kier molecular flexibility index (Phi) is 6.97. The van der Waals surface area contributed by atoms with Crippen LogP contribution in [0.2, 0.25) is 0 Å². The molecule has 6 nitrogen and oxygen atoms in total. The summed E-state index contributed by atoms with van der Waals surface area (Å²) in [5.74, 6) is 0.0215. The molecule has 0 bridgehead atoms. The number of benzene rings is 2. The highest BCUT2D eigenvalue weighted by atomic mass is 19.1. The van der Waals surface area contributed by atoms with Gasteiger partial charge in [-0.3, -0.25) is 14.5 Å². The molecule has 1 heterocycles. The number of piperazine rings is 1. The molecule has 0 spiro atoms. The van der Waals surface area contributed by atoms with Crippen LogP contribution in [0, 0.1) is 5.82 Å². The van der Waals surface area contributed by atoms with Gasteiger partial charge in [-0.1, -0.05) is 18.2 Å². The van der Waals surface area contributed by atoms with Gasteiger partial charge in [0.25, 0.3) is 5.91 Å². The van der Waals surface area contributed by atoms with E-state index in [1.165, 1.54) is 24.3 Å². The molecule has 1 aliphatic heterocycles. The van der Waals surface area contributed by atoms with Crippen LogP contribution in [0.4, 0.5) is 10.1 Å². The normalized spacial score (nSPS) is 14.5. The largest absolute Gasteiger partial charge is 0.484 e. The fourth-order valence-corrected chi connectivity index (χ4v) is 2.99. The summed E-state index contributed by atoms with van der Waals surface area (Å²) in [6.45, 7) is 3.25. The van der Waals surface area contributed by atoms with Crippen molar-refractivity contribution in [1.29, 1.82) is 0 Å². The number of amides is 2. The van der Waals surface area contributed by atoms with Crippen molar-refractivity contribution < 1.29 is 18.7 Å². The summed E-state index contributed by atoms with van der Waals surface area (Å²) in [6, 6.07) is 15.0. The lowest BCUT2D eigenvalue weighted by Crippen LogP contribution is -2.50. The van der Waals surface area contributed by atoms with Crippen molar-refractivity contribution in [1.82, 2.24) is 9.80 Å². The van der Waals surface area contributed by atoms with Crippen LogP contribution in [0.3, 0.4) is 0 Å². The van der Waals surface area contributed by atoms with Crippen molar-refractivity contribution in [3.8, 4) is 5.75 Å². The van der Waals surface area contributed by atoms with E-state index in [1.54, 1.807) is 4.90 Å². The highest BCUT2D eigenvalue weighted by molar-refractivity contribution is 5.90. The second-order valence-corrected chi connectivity index (χ2v) is 6.63. The van der Waals surface area contributed by atoms with E-state index in [4.69, 9.17) is 4.74 Å². The zero-order valence-electron chi connectivity index (χ0n) is 15.6. The Balaban J connectivity index is 1.34. The van der Waals surface area contributed by atoms with E-state index in [2.05, 4.69) is 10.2 Å². The van der Waals surface area contributed by atoms with E-state index in [9.17, 15) is 14.0 Å². The SMILES string of the molecule is O=C(CCN1CCN(C(=O)COc2ccc(F)cc2)CC1)Nc1ccccc1. The Hall–Kier alpha value is -2.93. The average Bonchev–Trinajstić information content (AvgIpc) is 2.73. The minimum Gasteiger partial charge on any atom is -0.484 e. The number of para-hydroxylation sites is 1. The van der Waals surface area contributed by atoms with Crippen LogP contribution in [0.1, 0.15) is 6.42 Å². The molecule has 0 saturated carbocycles. The van der Waals surface area contributed by atoms with Gasteiger partial charge in [-0.15, -0.1) is 0 Å². The maximum Gasteiger partial charge on any atom is 0.260 e. The lowest BCUT2D eigenvalue weighted by Gasteiger charge is -2.34. The van der Waals surface area contributed by atoms with Crippen LogP contribution in [-0.4, -0.2) is 60.9 Å². The minimum absolute atomic E-state index is 0.0163. The molecule has 1 saturated heterocycles. The molecule has 148 valence electrons. The van der Waals surface area contributed by atoms with Crippen molar-refractivity contribution in [2.45, 2.75) is 6.42 Å². The molecule has 3 rings (SSSR count). The van der Waals surface area contributed by atoms with E-state index in [-0.39, 0.29) is 24.2 Å². The second kappa shape index (κ2) is 9.85. The van der Waals surface area contributed by atoms with Gasteiger partial charge in [-0.2, -0.15) is 0 Å². The topological polar surface area (TPSA) is 61.9 Å². The number of halogens is 1. The first-order chi connectivity index (χ1) is 13.6. The molecule has 2 aromatic carbocycles. The molecule has 28 heavy (non-hydrogen) atoms. The molecule has 1 N–H and O–H groups in total. The van der Waals surface area contributed by atoms with Gasteiger partial charge in [0.1, 0.15) is 11.6 Å². The van der Waals surface area contributed by atoms with Crippen LogP contribution in [0.25, 0.3) is 0 Å². The molecule has 7 heteroatoms. The molecule has 0 aliphatic carbocycles. The first-order valence-corrected chi connectivity index (χ1v) is 9.33. The van der Waals surface area contributed by atoms with Crippen LogP contribution in [0.5, 0.6) is 5.75 Å². The Morgan fingerprint density at radius 2 is 1.64 bits per heavy atom. The van der Waals surface area contributed by atoms with Crippen molar-refractivity contribution in [2.75, 3.05) is 44.6 Å². The first kappa shape index (κ1) is 19.8. The number of hydrogen-bond donors (Lipinski definition) is 1. The average molecular weight is 385 g/mol. The molecule has 0 radical (unpaired) electrons. The summed E-state index contributed by atoms with van der Waals surface area (Å²) in [6.07, 6.45) is 0.413. The molecular formula is C21H24FN3O3. The summed E-state index contributed by atoms with van der Waals surface area (Å²) in [7, 11) is 0. The van der Waals surface area contributed by atoms with Gasteiger partial charge in [0.15, 0.2) is 6.61 Å². The minimum atomic E-state index is -0.341. The third kappa shape index (κ3) is 6.06. The summed E-state index contributed by atoms with van der Waals surface area (Å²) in [4.78, 5) is 28.2. The van der Waals surface area contributed by atoms with E-state index in [1.807, 2.05) is 30.3 Å². The Bertz CT molecular complexity index is 775. The standard InChI is InChI=1S/C21H24FN3O3/c22-17-6-8-19(9-7-17)28-16-21(27)25-14-12-24(13-15-25)11-10-20(26)23-18-4-2-1-3-5-18/h1-9H,10-16H2,(H,23,26). The van der Waals surface area contributed by atoms with Crippen molar-refractivity contribution in [2.24, 2.45) is 0 Å². The Morgan fingerprint density at radius 1 is 0.964 bits per heavy atom. The number of carbonyl (C=O) groups is 2. The van der Waals surface area contributed by atoms with Crippen LogP contribution in [0.15, 0.2) is 54.6 Å². The molecular weight excluding hydrogens is 361 g/mol. The van der Waals surface area contributed by atoms with E-state index >= 15 is 0 Å². The number of hydrogen-bond acceptors (Lipinski definition) is 4. The number of nitrogens with one attached hydrogen (secondary N) is 1. The van der Waals surface area contributed by atoms with Crippen LogP contribution < -0.4 is 10.1 Å². The highest BCUT2D eigenvalue weighted by Crippen LogP contribution is 2.12. The monoisotopic (exact) mass is 385 g/mol. The Labute approximate surface area is 163 Å². The number of ether oxygens (including phenoxy) is 1. The van der Waals surface area contributed by atoms with Gasteiger partial charge < -0.3 is 15.0 Å². The van der Waals surface area contributed by atoms with E-state index < -0.39 is 0 Å². The van der Waals surface area contributed by atoms with Crippen molar-refractivity contribution in [3.63, 3.8) is 0 Å². The van der Waals surface area contributed by atoms with Crippen molar-refractivity contribution >= 4 is 17.5 Å². The third-order valence-electron chi connectivity index (χ3n) is 4.61. The summed E-state index contributed by atoms with van der Waals surface area (Å²) in [5, 5.41) is 2.87. The molecule has 0 aromatic heterocycles. The van der Waals surface area contributed by atoms with E-state index in [0.29, 0.717) is 31.8 Å². The maximum atomic E-state index is 12.9. The van der Waals surface area contributed by atoms with Gasteiger partial charge in [-0.25, -0.2) is 4.39 Å². The molecule has 2 aromatic rings. The maximum absolute atomic E-state index is 12.9. The molecule has 1 fully saturated rings. The summed E-state index contributed by atoms with van der Waals surface area (Å²) in [5.41, 5.74) is 0.795. The lowest BCUT2D eigenvalue weighted by molar-refractivity contribution is -0.135. The smallest absolute Gasteiger partial charge is 0.260 e. The third-order valence-corrected chi connectivity index (χ3v) is 4.61. The number of carbonyl (C=O) groups excluding carboxylic acids is 2.